The van der Waals surface area contributed by atoms with Gasteiger partial charge in [0.15, 0.2) is 0 Å². The Morgan fingerprint density at radius 3 is 2.93 bits per heavy atom. The van der Waals surface area contributed by atoms with E-state index in [1.54, 1.807) is 18.7 Å². The molecule has 0 bridgehead atoms. The molecule has 1 atom stereocenters. The predicted molar refractivity (Wildman–Crippen MR) is 103 cm³/mol. The molecule has 1 saturated heterocycles. The zero-order valence-electron chi connectivity index (χ0n) is 14.9. The van der Waals surface area contributed by atoms with Crippen LogP contribution in [0.2, 0.25) is 0 Å². The molecule has 2 N–H and O–H groups in total. The van der Waals surface area contributed by atoms with E-state index in [4.69, 9.17) is 0 Å². The maximum Gasteiger partial charge on any atom is 0.147 e. The summed E-state index contributed by atoms with van der Waals surface area (Å²) in [6, 6.07) is 2.38. The summed E-state index contributed by atoms with van der Waals surface area (Å²) in [4.78, 5) is 25.6. The van der Waals surface area contributed by atoms with Gasteiger partial charge in [0.05, 0.1) is 29.7 Å². The molecule has 136 valence electrons. The normalized spacial score (nSPS) is 16.9. The second kappa shape index (κ2) is 6.35. The number of H-pyrrole nitrogens is 2. The van der Waals surface area contributed by atoms with Gasteiger partial charge in [0, 0.05) is 44.1 Å². The molecule has 0 aliphatic carbocycles. The number of rotatable bonds is 4. The van der Waals surface area contributed by atoms with Crippen molar-refractivity contribution in [3.8, 4) is 11.3 Å². The molecular weight excluding hydrogens is 342 g/mol. The number of anilines is 2. The van der Waals surface area contributed by atoms with Gasteiger partial charge in [-0.3, -0.25) is 10.1 Å². The van der Waals surface area contributed by atoms with Crippen molar-refractivity contribution < 1.29 is 0 Å². The van der Waals surface area contributed by atoms with Crippen LogP contribution in [0.4, 0.5) is 11.6 Å². The fourth-order valence-corrected chi connectivity index (χ4v) is 3.59. The van der Waals surface area contributed by atoms with Crippen LogP contribution >= 0.6 is 0 Å². The average Bonchev–Trinajstić information content (AvgIpc) is 3.48. The van der Waals surface area contributed by atoms with Crippen molar-refractivity contribution in [2.75, 3.05) is 29.9 Å². The zero-order valence-corrected chi connectivity index (χ0v) is 14.9. The van der Waals surface area contributed by atoms with Crippen LogP contribution in [0.25, 0.3) is 22.3 Å². The Hall–Kier alpha value is -3.49. The van der Waals surface area contributed by atoms with Gasteiger partial charge in [-0.05, 0) is 12.5 Å². The lowest BCUT2D eigenvalue weighted by Crippen LogP contribution is -2.35. The Morgan fingerprint density at radius 2 is 2.11 bits per heavy atom. The van der Waals surface area contributed by atoms with Crippen LogP contribution in [0.5, 0.6) is 0 Å². The molecule has 4 aromatic rings. The fourth-order valence-electron chi connectivity index (χ4n) is 3.59. The fraction of sp³-hybridized carbons (Fsp3) is 0.278. The van der Waals surface area contributed by atoms with Crippen molar-refractivity contribution in [3.05, 3.63) is 43.4 Å². The smallest absolute Gasteiger partial charge is 0.147 e. The number of hydrogen-bond donors (Lipinski definition) is 2. The van der Waals surface area contributed by atoms with E-state index in [0.29, 0.717) is 6.04 Å². The SMILES string of the molecule is CN(c1cnc(-c2cn[nH]c2)cn1)[C@@H]1CCN(c2ncnc3[nH]ccc23)C1. The molecule has 0 saturated carbocycles. The molecule has 1 fully saturated rings. The van der Waals surface area contributed by atoms with Crippen LogP contribution < -0.4 is 9.80 Å². The minimum absolute atomic E-state index is 0.350. The Labute approximate surface area is 155 Å². The monoisotopic (exact) mass is 361 g/mol. The maximum atomic E-state index is 4.59. The summed E-state index contributed by atoms with van der Waals surface area (Å²) in [5.74, 6) is 1.85. The van der Waals surface area contributed by atoms with Gasteiger partial charge >= 0.3 is 0 Å². The van der Waals surface area contributed by atoms with E-state index in [2.05, 4.69) is 52.0 Å². The van der Waals surface area contributed by atoms with E-state index >= 15 is 0 Å². The molecule has 0 unspecified atom stereocenters. The summed E-state index contributed by atoms with van der Waals surface area (Å²) in [6.07, 6.45) is 11.7. The summed E-state index contributed by atoms with van der Waals surface area (Å²) in [5, 5.41) is 7.81. The molecule has 27 heavy (non-hydrogen) atoms. The minimum atomic E-state index is 0.350. The van der Waals surface area contributed by atoms with E-state index in [1.807, 2.05) is 24.7 Å². The first-order chi connectivity index (χ1) is 13.3. The lowest BCUT2D eigenvalue weighted by atomic mass is 10.2. The number of likely N-dealkylation sites (N-methyl/N-ethyl adjacent to an activating group) is 1. The maximum absolute atomic E-state index is 4.59. The Bertz CT molecular complexity index is 1040. The highest BCUT2D eigenvalue weighted by Crippen LogP contribution is 2.28. The number of fused-ring (bicyclic) bond motifs is 1. The molecular formula is C18H19N9. The van der Waals surface area contributed by atoms with Crippen molar-refractivity contribution in [2.45, 2.75) is 12.5 Å². The van der Waals surface area contributed by atoms with Crippen LogP contribution in [0.3, 0.4) is 0 Å². The van der Waals surface area contributed by atoms with Crippen molar-refractivity contribution >= 4 is 22.7 Å². The quantitative estimate of drug-likeness (QED) is 0.572. The second-order valence-corrected chi connectivity index (χ2v) is 6.68. The largest absolute Gasteiger partial charge is 0.354 e. The average molecular weight is 361 g/mol. The van der Waals surface area contributed by atoms with Crippen LogP contribution in [0.1, 0.15) is 6.42 Å². The molecule has 0 aromatic carbocycles. The summed E-state index contributed by atoms with van der Waals surface area (Å²) in [7, 11) is 2.07. The third kappa shape index (κ3) is 2.77. The standard InChI is InChI=1S/C18H19N9/c1-26(16-9-20-15(8-21-16)12-6-24-25-7-12)13-3-5-27(10-13)18-14-2-4-19-17(14)22-11-23-18/h2,4,6-9,11,13H,3,5,10H2,1H3,(H,24,25)(H,19,22,23)/t13-/m1/s1. The van der Waals surface area contributed by atoms with E-state index in [9.17, 15) is 0 Å². The molecule has 4 aromatic heterocycles. The second-order valence-electron chi connectivity index (χ2n) is 6.68. The first-order valence-electron chi connectivity index (χ1n) is 8.86. The molecule has 0 spiro atoms. The number of aromatic nitrogens is 7. The molecule has 1 aliphatic heterocycles. The van der Waals surface area contributed by atoms with Gasteiger partial charge in [-0.2, -0.15) is 5.10 Å². The summed E-state index contributed by atoms with van der Waals surface area (Å²) >= 11 is 0. The van der Waals surface area contributed by atoms with Crippen molar-refractivity contribution in [3.63, 3.8) is 0 Å². The molecule has 1 aliphatic rings. The number of nitrogens with zero attached hydrogens (tertiary/aromatic N) is 7. The number of nitrogens with one attached hydrogen (secondary N) is 2. The van der Waals surface area contributed by atoms with Crippen molar-refractivity contribution in [1.29, 1.82) is 0 Å². The van der Waals surface area contributed by atoms with Gasteiger partial charge in [-0.1, -0.05) is 0 Å². The molecule has 9 nitrogen and oxygen atoms in total. The Kier molecular flexibility index (Phi) is 3.70. The first kappa shape index (κ1) is 15.7. The zero-order chi connectivity index (χ0) is 18.2. The Balaban J connectivity index is 1.33. The lowest BCUT2D eigenvalue weighted by molar-refractivity contribution is 0.682. The molecule has 0 amide bonds. The van der Waals surface area contributed by atoms with Gasteiger partial charge in [-0.25, -0.2) is 15.0 Å². The van der Waals surface area contributed by atoms with E-state index in [1.165, 1.54) is 0 Å². The summed E-state index contributed by atoms with van der Waals surface area (Å²) < 4.78 is 0. The van der Waals surface area contributed by atoms with Crippen LogP contribution in [0.15, 0.2) is 43.4 Å². The first-order valence-corrected chi connectivity index (χ1v) is 8.86. The van der Waals surface area contributed by atoms with Gasteiger partial charge in [-0.15, -0.1) is 0 Å². The lowest BCUT2D eigenvalue weighted by Gasteiger charge is -2.26. The van der Waals surface area contributed by atoms with Crippen molar-refractivity contribution in [2.24, 2.45) is 0 Å². The number of aromatic amines is 2. The summed E-state index contributed by atoms with van der Waals surface area (Å²) in [5.41, 5.74) is 2.62. The highest BCUT2D eigenvalue weighted by atomic mass is 15.3. The van der Waals surface area contributed by atoms with E-state index in [0.717, 1.165) is 53.4 Å². The minimum Gasteiger partial charge on any atom is -0.354 e. The van der Waals surface area contributed by atoms with Gasteiger partial charge < -0.3 is 14.8 Å². The molecule has 0 radical (unpaired) electrons. The van der Waals surface area contributed by atoms with Gasteiger partial charge in [0.1, 0.15) is 23.6 Å². The third-order valence-electron chi connectivity index (χ3n) is 5.14. The van der Waals surface area contributed by atoms with Crippen LogP contribution in [-0.4, -0.2) is 61.3 Å². The van der Waals surface area contributed by atoms with E-state index in [-0.39, 0.29) is 0 Å². The van der Waals surface area contributed by atoms with Crippen molar-refractivity contribution in [1.82, 2.24) is 35.1 Å². The molecule has 5 rings (SSSR count). The van der Waals surface area contributed by atoms with Gasteiger partial charge in [0.25, 0.3) is 0 Å². The topological polar surface area (TPSA) is 103 Å². The molecule has 9 heteroatoms. The summed E-state index contributed by atoms with van der Waals surface area (Å²) in [6.45, 7) is 1.84. The third-order valence-corrected chi connectivity index (χ3v) is 5.14. The Morgan fingerprint density at radius 1 is 1.15 bits per heavy atom. The van der Waals surface area contributed by atoms with Crippen LogP contribution in [0, 0.1) is 0 Å². The number of hydrogen-bond acceptors (Lipinski definition) is 7. The highest BCUT2D eigenvalue weighted by molar-refractivity contribution is 5.87. The van der Waals surface area contributed by atoms with E-state index < -0.39 is 0 Å². The molecule has 5 heterocycles. The highest BCUT2D eigenvalue weighted by Gasteiger charge is 2.28. The van der Waals surface area contributed by atoms with Gasteiger partial charge in [0.2, 0.25) is 0 Å². The van der Waals surface area contributed by atoms with Crippen LogP contribution in [-0.2, 0) is 0 Å². The predicted octanol–water partition coefficient (Wildman–Crippen LogP) is 1.85.